The molecule has 0 unspecified atom stereocenters. The van der Waals surface area contributed by atoms with Crippen molar-refractivity contribution in [1.29, 1.82) is 0 Å². The van der Waals surface area contributed by atoms with Crippen LogP contribution in [0.3, 0.4) is 0 Å². The first kappa shape index (κ1) is 17.5. The molecule has 3 nitrogen and oxygen atoms in total. The highest BCUT2D eigenvalue weighted by atomic mass is 35.5. The van der Waals surface area contributed by atoms with Gasteiger partial charge in [-0.05, 0) is 49.3 Å². The van der Waals surface area contributed by atoms with Crippen LogP contribution in [0.25, 0.3) is 6.08 Å². The van der Waals surface area contributed by atoms with Crippen LogP contribution < -0.4 is 0 Å². The van der Waals surface area contributed by atoms with Crippen molar-refractivity contribution in [1.82, 2.24) is 0 Å². The maximum Gasteiger partial charge on any atom is 0.363 e. The van der Waals surface area contributed by atoms with E-state index < -0.39 is 5.97 Å². The van der Waals surface area contributed by atoms with Crippen molar-refractivity contribution in [2.75, 3.05) is 0 Å². The normalized spacial score (nSPS) is 25.7. The molecular formula is C19H21Cl2NO2. The van der Waals surface area contributed by atoms with Crippen molar-refractivity contribution in [3.8, 4) is 0 Å². The predicted octanol–water partition coefficient (Wildman–Crippen LogP) is 5.90. The topological polar surface area (TPSA) is 38.7 Å². The molecule has 24 heavy (non-hydrogen) atoms. The summed E-state index contributed by atoms with van der Waals surface area (Å²) in [4.78, 5) is 16.5. The van der Waals surface area contributed by atoms with Crippen molar-refractivity contribution in [2.45, 2.75) is 45.4 Å². The van der Waals surface area contributed by atoms with Crippen LogP contribution in [-0.2, 0) is 9.53 Å². The highest BCUT2D eigenvalue weighted by molar-refractivity contribution is 6.43. The minimum Gasteiger partial charge on any atom is -0.406 e. The second-order valence-corrected chi connectivity index (χ2v) is 7.30. The molecule has 0 saturated heterocycles. The van der Waals surface area contributed by atoms with Gasteiger partial charge in [-0.25, -0.2) is 9.79 Å². The Morgan fingerprint density at radius 2 is 2.00 bits per heavy atom. The maximum atomic E-state index is 12.1. The van der Waals surface area contributed by atoms with Crippen molar-refractivity contribution in [3.63, 3.8) is 0 Å². The van der Waals surface area contributed by atoms with E-state index in [0.29, 0.717) is 27.2 Å². The Balaban J connectivity index is 1.74. The quantitative estimate of drug-likeness (QED) is 0.492. The molecular weight excluding hydrogens is 345 g/mol. The van der Waals surface area contributed by atoms with Crippen LogP contribution in [0.1, 0.15) is 51.0 Å². The monoisotopic (exact) mass is 365 g/mol. The second-order valence-electron chi connectivity index (χ2n) is 6.52. The van der Waals surface area contributed by atoms with Crippen molar-refractivity contribution < 1.29 is 9.53 Å². The molecule has 2 aliphatic rings. The molecule has 0 radical (unpaired) electrons. The van der Waals surface area contributed by atoms with Crippen LogP contribution in [0.15, 0.2) is 28.9 Å². The van der Waals surface area contributed by atoms with Gasteiger partial charge in [-0.1, -0.05) is 55.1 Å². The summed E-state index contributed by atoms with van der Waals surface area (Å²) in [5.41, 5.74) is 0.970. The summed E-state index contributed by atoms with van der Waals surface area (Å²) in [6.45, 7) is 2.23. The molecule has 0 amide bonds. The molecule has 0 bridgehead atoms. The lowest BCUT2D eigenvalue weighted by Crippen LogP contribution is -2.22. The third-order valence-corrected chi connectivity index (χ3v) is 5.64. The van der Waals surface area contributed by atoms with E-state index in [1.807, 2.05) is 0 Å². The van der Waals surface area contributed by atoms with E-state index in [9.17, 15) is 4.79 Å². The molecule has 1 aromatic carbocycles. The van der Waals surface area contributed by atoms with Gasteiger partial charge >= 0.3 is 5.97 Å². The van der Waals surface area contributed by atoms with Crippen molar-refractivity contribution in [3.05, 3.63) is 39.5 Å². The molecule has 1 heterocycles. The third-order valence-electron chi connectivity index (χ3n) is 4.80. The van der Waals surface area contributed by atoms with E-state index in [1.54, 1.807) is 24.3 Å². The van der Waals surface area contributed by atoms with Gasteiger partial charge in [-0.3, -0.25) is 0 Å². The number of hydrogen-bond acceptors (Lipinski definition) is 3. The Morgan fingerprint density at radius 3 is 2.71 bits per heavy atom. The summed E-state index contributed by atoms with van der Waals surface area (Å²) < 4.78 is 5.42. The lowest BCUT2D eigenvalue weighted by molar-refractivity contribution is -0.130. The Morgan fingerprint density at radius 1 is 1.25 bits per heavy atom. The van der Waals surface area contributed by atoms with Gasteiger partial charge in [-0.2, -0.15) is 0 Å². The Hall–Kier alpha value is -1.32. The molecule has 0 aromatic heterocycles. The first-order valence-corrected chi connectivity index (χ1v) is 9.30. The summed E-state index contributed by atoms with van der Waals surface area (Å²) in [7, 11) is 0. The van der Waals surface area contributed by atoms with E-state index in [0.717, 1.165) is 18.8 Å². The number of hydrogen-bond donors (Lipinski definition) is 0. The number of ether oxygens (including phenoxy) is 1. The fraction of sp³-hybridized carbons (Fsp3) is 0.474. The summed E-state index contributed by atoms with van der Waals surface area (Å²) >= 11 is 12.2. The Kier molecular flexibility index (Phi) is 5.62. The van der Waals surface area contributed by atoms with E-state index in [-0.39, 0.29) is 5.92 Å². The molecule has 5 heteroatoms. The van der Waals surface area contributed by atoms with Gasteiger partial charge in [0.05, 0.1) is 10.0 Å². The molecule has 1 aliphatic carbocycles. The first-order valence-electron chi connectivity index (χ1n) is 8.55. The number of halogens is 2. The zero-order valence-corrected chi connectivity index (χ0v) is 15.2. The predicted molar refractivity (Wildman–Crippen MR) is 98.3 cm³/mol. The average Bonchev–Trinajstić information content (AvgIpc) is 2.94. The van der Waals surface area contributed by atoms with Crippen LogP contribution in [0.2, 0.25) is 10.0 Å². The van der Waals surface area contributed by atoms with Crippen molar-refractivity contribution in [2.24, 2.45) is 16.8 Å². The Bertz CT molecular complexity index is 689. The highest BCUT2D eigenvalue weighted by Crippen LogP contribution is 2.35. The lowest BCUT2D eigenvalue weighted by atomic mass is 9.80. The first-order chi connectivity index (χ1) is 11.6. The average molecular weight is 366 g/mol. The summed E-state index contributed by atoms with van der Waals surface area (Å²) in [5, 5.41) is 0.874. The minimum absolute atomic E-state index is 0.253. The van der Waals surface area contributed by atoms with Gasteiger partial charge in [0.15, 0.2) is 5.70 Å². The number of rotatable bonds is 4. The summed E-state index contributed by atoms with van der Waals surface area (Å²) in [6, 6.07) is 5.31. The molecule has 1 aliphatic heterocycles. The van der Waals surface area contributed by atoms with Gasteiger partial charge in [0.2, 0.25) is 5.90 Å². The van der Waals surface area contributed by atoms with E-state index in [1.165, 1.54) is 25.7 Å². The van der Waals surface area contributed by atoms with Gasteiger partial charge in [0.1, 0.15) is 0 Å². The van der Waals surface area contributed by atoms with Crippen LogP contribution in [0.4, 0.5) is 0 Å². The molecule has 128 valence electrons. The van der Waals surface area contributed by atoms with E-state index >= 15 is 0 Å². The van der Waals surface area contributed by atoms with Gasteiger partial charge in [-0.15, -0.1) is 0 Å². The van der Waals surface area contributed by atoms with Crippen molar-refractivity contribution >= 4 is 41.1 Å². The molecule has 0 N–H and O–H groups in total. The fourth-order valence-corrected chi connectivity index (χ4v) is 3.85. The zero-order chi connectivity index (χ0) is 17.1. The number of carbonyl (C=O) groups is 1. The standard InChI is InChI=1S/C19H21Cl2NO2/c1-2-4-12-7-9-13(10-8-12)18-22-16(19(23)24-18)11-14-5-3-6-15(20)17(14)21/h3,5-6,11-13H,2,4,7-10H2,1H3/b16-11-. The van der Waals surface area contributed by atoms with Crippen LogP contribution >= 0.6 is 23.2 Å². The van der Waals surface area contributed by atoms with E-state index in [4.69, 9.17) is 27.9 Å². The number of esters is 1. The SMILES string of the molecule is CCCC1CCC(C2=N/C(=C\c3cccc(Cl)c3Cl)C(=O)O2)CC1. The smallest absolute Gasteiger partial charge is 0.363 e. The highest BCUT2D eigenvalue weighted by Gasteiger charge is 2.32. The van der Waals surface area contributed by atoms with Gasteiger partial charge < -0.3 is 4.74 Å². The minimum atomic E-state index is -0.406. The molecule has 1 fully saturated rings. The zero-order valence-electron chi connectivity index (χ0n) is 13.7. The fourth-order valence-electron chi connectivity index (χ4n) is 3.49. The summed E-state index contributed by atoms with van der Waals surface area (Å²) in [6.07, 6.45) is 8.63. The number of cyclic esters (lactones) is 1. The third kappa shape index (κ3) is 3.84. The van der Waals surface area contributed by atoms with Gasteiger partial charge in [0.25, 0.3) is 0 Å². The lowest BCUT2D eigenvalue weighted by Gasteiger charge is -2.27. The largest absolute Gasteiger partial charge is 0.406 e. The number of carbonyl (C=O) groups excluding carboxylic acids is 1. The number of aliphatic imine (C=N–C) groups is 1. The maximum absolute atomic E-state index is 12.1. The number of benzene rings is 1. The molecule has 1 aromatic rings. The molecule has 0 spiro atoms. The van der Waals surface area contributed by atoms with Crippen LogP contribution in [-0.4, -0.2) is 11.9 Å². The van der Waals surface area contributed by atoms with E-state index in [2.05, 4.69) is 11.9 Å². The second kappa shape index (κ2) is 7.71. The van der Waals surface area contributed by atoms with Crippen LogP contribution in [0, 0.1) is 11.8 Å². The van der Waals surface area contributed by atoms with Crippen LogP contribution in [0.5, 0.6) is 0 Å². The number of nitrogens with zero attached hydrogens (tertiary/aromatic N) is 1. The Labute approximate surface area is 152 Å². The summed E-state index contributed by atoms with van der Waals surface area (Å²) in [5.74, 6) is 1.23. The van der Waals surface area contributed by atoms with Gasteiger partial charge in [0, 0.05) is 5.92 Å². The molecule has 3 rings (SSSR count). The molecule has 1 saturated carbocycles. The molecule has 0 atom stereocenters.